The fraction of sp³-hybridized carbons (Fsp3) is 0.368. The van der Waals surface area contributed by atoms with E-state index in [1.54, 1.807) is 0 Å². The average molecular weight is 252 g/mol. The molecule has 1 aliphatic carbocycles. The molecule has 3 rings (SSSR count). The number of benzene rings is 2. The molecule has 0 unspecified atom stereocenters. The van der Waals surface area contributed by atoms with Gasteiger partial charge in [-0.3, -0.25) is 0 Å². The van der Waals surface area contributed by atoms with Crippen molar-refractivity contribution < 1.29 is 0 Å². The van der Waals surface area contributed by atoms with Crippen LogP contribution in [-0.4, -0.2) is 0 Å². The van der Waals surface area contributed by atoms with Crippen LogP contribution in [0.3, 0.4) is 0 Å². The van der Waals surface area contributed by atoms with Crippen molar-refractivity contribution in [1.82, 2.24) is 0 Å². The fourth-order valence-electron chi connectivity index (χ4n) is 2.50. The van der Waals surface area contributed by atoms with E-state index < -0.39 is 0 Å². The third-order valence-corrected chi connectivity index (χ3v) is 3.63. The molecule has 2 aromatic carbocycles. The van der Waals surface area contributed by atoms with Crippen LogP contribution in [0, 0.1) is 0 Å². The molecule has 2 aromatic rings. The molecule has 100 valence electrons. The van der Waals surface area contributed by atoms with E-state index in [1.165, 1.54) is 56.1 Å². The second-order valence-corrected chi connectivity index (χ2v) is 5.21. The predicted molar refractivity (Wildman–Crippen MR) is 84.2 cm³/mol. The third kappa shape index (κ3) is 5.30. The number of hydrogen-bond donors (Lipinski definition) is 0. The Balaban J connectivity index is 0.000000163. The lowest BCUT2D eigenvalue weighted by Crippen LogP contribution is -1.73. The largest absolute Gasteiger partial charge is 0.0622 e. The standard InChI is InChI=1S/C12H10.C7H14/c1-3-7-11(8-4-1)12-9-5-2-6-10-12;1-2-4-6-7-5-3-1/h1-10H;1-7H2. The molecule has 0 heterocycles. The van der Waals surface area contributed by atoms with Gasteiger partial charge in [-0.05, 0) is 11.1 Å². The first-order valence-corrected chi connectivity index (χ1v) is 7.57. The van der Waals surface area contributed by atoms with Crippen LogP contribution in [-0.2, 0) is 0 Å². The van der Waals surface area contributed by atoms with Crippen LogP contribution >= 0.6 is 0 Å². The average Bonchev–Trinajstić information content (AvgIpc) is 2.82. The van der Waals surface area contributed by atoms with Crippen molar-refractivity contribution in [1.29, 1.82) is 0 Å². The zero-order valence-electron chi connectivity index (χ0n) is 11.7. The Labute approximate surface area is 117 Å². The van der Waals surface area contributed by atoms with Crippen LogP contribution in [0.1, 0.15) is 44.9 Å². The second kappa shape index (κ2) is 8.53. The van der Waals surface area contributed by atoms with Crippen molar-refractivity contribution in [3.8, 4) is 11.1 Å². The first-order valence-electron chi connectivity index (χ1n) is 7.57. The molecule has 0 saturated heterocycles. The van der Waals surface area contributed by atoms with Gasteiger partial charge in [-0.1, -0.05) is 106 Å². The van der Waals surface area contributed by atoms with Crippen molar-refractivity contribution in [2.24, 2.45) is 0 Å². The van der Waals surface area contributed by atoms with E-state index in [2.05, 4.69) is 48.5 Å². The molecule has 0 amide bonds. The molecule has 0 spiro atoms. The Morgan fingerprint density at radius 1 is 0.368 bits per heavy atom. The van der Waals surface area contributed by atoms with E-state index in [9.17, 15) is 0 Å². The summed E-state index contributed by atoms with van der Waals surface area (Å²) >= 11 is 0. The number of hydrogen-bond acceptors (Lipinski definition) is 0. The zero-order valence-corrected chi connectivity index (χ0v) is 11.7. The monoisotopic (exact) mass is 252 g/mol. The fourth-order valence-corrected chi connectivity index (χ4v) is 2.50. The van der Waals surface area contributed by atoms with Crippen LogP contribution in [0.4, 0.5) is 0 Å². The Hall–Kier alpha value is -1.56. The molecular formula is C19H24. The summed E-state index contributed by atoms with van der Waals surface area (Å²) in [4.78, 5) is 0. The maximum atomic E-state index is 2.12. The van der Waals surface area contributed by atoms with Gasteiger partial charge in [-0.15, -0.1) is 0 Å². The summed E-state index contributed by atoms with van der Waals surface area (Å²) in [6, 6.07) is 20.8. The number of rotatable bonds is 1. The summed E-state index contributed by atoms with van der Waals surface area (Å²) in [5, 5.41) is 0. The summed E-state index contributed by atoms with van der Waals surface area (Å²) in [6.07, 6.45) is 10.5. The lowest BCUT2D eigenvalue weighted by molar-refractivity contribution is 0.702. The molecule has 0 N–H and O–H groups in total. The molecule has 0 radical (unpaired) electrons. The highest BCUT2D eigenvalue weighted by atomic mass is 14.0. The topological polar surface area (TPSA) is 0 Å². The van der Waals surface area contributed by atoms with Gasteiger partial charge in [0.2, 0.25) is 0 Å². The van der Waals surface area contributed by atoms with E-state index in [1.807, 2.05) is 12.1 Å². The van der Waals surface area contributed by atoms with Crippen LogP contribution < -0.4 is 0 Å². The molecule has 0 atom stereocenters. The summed E-state index contributed by atoms with van der Waals surface area (Å²) in [5.74, 6) is 0. The Morgan fingerprint density at radius 2 is 0.632 bits per heavy atom. The SMILES string of the molecule is C1CCCCCC1.c1ccc(-c2ccccc2)cc1. The van der Waals surface area contributed by atoms with Gasteiger partial charge in [0.25, 0.3) is 0 Å². The quantitative estimate of drug-likeness (QED) is 0.539. The van der Waals surface area contributed by atoms with Gasteiger partial charge in [-0.25, -0.2) is 0 Å². The highest BCUT2D eigenvalue weighted by molar-refractivity contribution is 5.62. The van der Waals surface area contributed by atoms with Crippen LogP contribution in [0.2, 0.25) is 0 Å². The van der Waals surface area contributed by atoms with Gasteiger partial charge in [0.1, 0.15) is 0 Å². The van der Waals surface area contributed by atoms with Gasteiger partial charge >= 0.3 is 0 Å². The maximum absolute atomic E-state index is 2.12. The molecule has 19 heavy (non-hydrogen) atoms. The summed E-state index contributed by atoms with van der Waals surface area (Å²) in [6.45, 7) is 0. The highest BCUT2D eigenvalue weighted by Crippen LogP contribution is 2.17. The van der Waals surface area contributed by atoms with E-state index in [0.717, 1.165) is 0 Å². The van der Waals surface area contributed by atoms with Gasteiger partial charge in [-0.2, -0.15) is 0 Å². The molecule has 0 nitrogen and oxygen atoms in total. The summed E-state index contributed by atoms with van der Waals surface area (Å²) in [7, 11) is 0. The van der Waals surface area contributed by atoms with Crippen molar-refractivity contribution in [2.45, 2.75) is 44.9 Å². The van der Waals surface area contributed by atoms with E-state index in [4.69, 9.17) is 0 Å². The van der Waals surface area contributed by atoms with E-state index >= 15 is 0 Å². The summed E-state index contributed by atoms with van der Waals surface area (Å²) in [5.41, 5.74) is 2.55. The van der Waals surface area contributed by atoms with Crippen molar-refractivity contribution in [3.05, 3.63) is 60.7 Å². The molecule has 1 saturated carbocycles. The molecule has 0 aliphatic heterocycles. The van der Waals surface area contributed by atoms with Crippen molar-refractivity contribution >= 4 is 0 Å². The molecule has 1 aliphatic rings. The smallest absolute Gasteiger partial charge is 0.0184 e. The van der Waals surface area contributed by atoms with Gasteiger partial charge < -0.3 is 0 Å². The van der Waals surface area contributed by atoms with Crippen LogP contribution in [0.15, 0.2) is 60.7 Å². The molecule has 0 bridgehead atoms. The first-order chi connectivity index (χ1) is 9.47. The minimum atomic E-state index is 1.28. The second-order valence-electron chi connectivity index (χ2n) is 5.21. The zero-order chi connectivity index (χ0) is 13.2. The molecule has 1 fully saturated rings. The van der Waals surface area contributed by atoms with Crippen molar-refractivity contribution in [3.63, 3.8) is 0 Å². The van der Waals surface area contributed by atoms with Crippen LogP contribution in [0.5, 0.6) is 0 Å². The highest BCUT2D eigenvalue weighted by Gasteiger charge is 1.95. The Bertz CT molecular complexity index is 373. The van der Waals surface area contributed by atoms with Crippen molar-refractivity contribution in [2.75, 3.05) is 0 Å². The Kier molecular flexibility index (Phi) is 6.22. The molecular weight excluding hydrogens is 228 g/mol. The van der Waals surface area contributed by atoms with E-state index in [0.29, 0.717) is 0 Å². The minimum absolute atomic E-state index is 1.28. The lowest BCUT2D eigenvalue weighted by Gasteiger charge is -1.98. The normalized spacial score (nSPS) is 14.9. The first kappa shape index (κ1) is 13.9. The predicted octanol–water partition coefficient (Wildman–Crippen LogP) is 6.08. The molecule has 0 aromatic heterocycles. The third-order valence-electron chi connectivity index (χ3n) is 3.63. The lowest BCUT2D eigenvalue weighted by atomic mass is 10.1. The van der Waals surface area contributed by atoms with Crippen LogP contribution in [0.25, 0.3) is 11.1 Å². The summed E-state index contributed by atoms with van der Waals surface area (Å²) < 4.78 is 0. The van der Waals surface area contributed by atoms with Gasteiger partial charge in [0, 0.05) is 0 Å². The van der Waals surface area contributed by atoms with Gasteiger partial charge in [0.15, 0.2) is 0 Å². The minimum Gasteiger partial charge on any atom is -0.0622 e. The molecule has 0 heteroatoms. The Morgan fingerprint density at radius 3 is 0.895 bits per heavy atom. The van der Waals surface area contributed by atoms with Gasteiger partial charge in [0.05, 0.1) is 0 Å². The van der Waals surface area contributed by atoms with E-state index in [-0.39, 0.29) is 0 Å². The maximum Gasteiger partial charge on any atom is -0.0184 e.